The van der Waals surface area contributed by atoms with Gasteiger partial charge < -0.3 is 5.32 Å². The fraction of sp³-hybridized carbons (Fsp3) is 0.0909. The molecule has 7 nitrogen and oxygen atoms in total. The molecule has 2 rings (SSSR count). The molecule has 0 saturated carbocycles. The van der Waals surface area contributed by atoms with E-state index in [1.807, 2.05) is 0 Å². The molecule has 0 saturated heterocycles. The van der Waals surface area contributed by atoms with Crippen molar-refractivity contribution in [3.63, 3.8) is 0 Å². The summed E-state index contributed by atoms with van der Waals surface area (Å²) in [4.78, 5) is 20.3. The minimum absolute atomic E-state index is 0.0975. The van der Waals surface area contributed by atoms with Gasteiger partial charge >= 0.3 is 5.00 Å². The molecule has 110 valence electrons. The Morgan fingerprint density at radius 3 is 2.38 bits per heavy atom. The summed E-state index contributed by atoms with van der Waals surface area (Å²) < 4.78 is 26.7. The highest BCUT2D eigenvalue weighted by Crippen LogP contribution is 2.31. The van der Waals surface area contributed by atoms with Crippen LogP contribution in [0.4, 0.5) is 25.2 Å². The first-order valence-electron chi connectivity index (χ1n) is 5.49. The zero-order valence-electron chi connectivity index (χ0n) is 10.2. The molecule has 0 unspecified atom stereocenters. The van der Waals surface area contributed by atoms with E-state index in [1.54, 1.807) is 0 Å². The normalized spacial score (nSPS) is 10.4. The Kier molecular flexibility index (Phi) is 4.08. The summed E-state index contributed by atoms with van der Waals surface area (Å²) in [6.45, 7) is -0.0975. The van der Waals surface area contributed by atoms with Crippen LogP contribution in [-0.2, 0) is 6.54 Å². The fourth-order valence-corrected chi connectivity index (χ4v) is 2.36. The van der Waals surface area contributed by atoms with E-state index in [0.29, 0.717) is 10.9 Å². The van der Waals surface area contributed by atoms with E-state index < -0.39 is 32.9 Å². The molecule has 0 aliphatic carbocycles. The van der Waals surface area contributed by atoms with Gasteiger partial charge in [-0.3, -0.25) is 20.2 Å². The summed E-state index contributed by atoms with van der Waals surface area (Å²) in [5.41, 5.74) is -1.20. The Bertz CT molecular complexity index is 719. The Labute approximate surface area is 120 Å². The molecular weight excluding hydrogens is 308 g/mol. The first-order chi connectivity index (χ1) is 9.90. The van der Waals surface area contributed by atoms with Crippen LogP contribution in [0, 0.1) is 31.9 Å². The number of nitrogens with one attached hydrogen (secondary N) is 1. The van der Waals surface area contributed by atoms with Gasteiger partial charge in [0.05, 0.1) is 9.85 Å². The third kappa shape index (κ3) is 3.11. The predicted octanol–water partition coefficient (Wildman–Crippen LogP) is 3.45. The second-order valence-electron chi connectivity index (χ2n) is 3.86. The van der Waals surface area contributed by atoms with Gasteiger partial charge in [0.15, 0.2) is 17.3 Å². The maximum absolute atomic E-state index is 13.6. The van der Waals surface area contributed by atoms with E-state index in [2.05, 4.69) is 5.32 Å². The molecule has 1 heterocycles. The summed E-state index contributed by atoms with van der Waals surface area (Å²) in [6, 6.07) is 4.20. The third-order valence-corrected chi connectivity index (χ3v) is 3.57. The van der Waals surface area contributed by atoms with Crippen molar-refractivity contribution in [1.82, 2.24) is 0 Å². The SMILES string of the molecule is O=[N+]([O-])c1ccc(CNc2c([N+](=O)[O-])ccc(F)c2F)s1. The molecule has 0 atom stereocenters. The first-order valence-corrected chi connectivity index (χ1v) is 6.31. The average molecular weight is 315 g/mol. The zero-order valence-corrected chi connectivity index (χ0v) is 11.0. The van der Waals surface area contributed by atoms with E-state index in [0.717, 1.165) is 17.4 Å². The molecule has 0 spiro atoms. The van der Waals surface area contributed by atoms with Crippen LogP contribution in [0.15, 0.2) is 24.3 Å². The van der Waals surface area contributed by atoms with Gasteiger partial charge in [0.25, 0.3) is 5.69 Å². The summed E-state index contributed by atoms with van der Waals surface area (Å²) in [6.07, 6.45) is 0. The van der Waals surface area contributed by atoms with E-state index in [-0.39, 0.29) is 11.5 Å². The molecule has 1 N–H and O–H groups in total. The highest BCUT2D eigenvalue weighted by Gasteiger charge is 2.21. The Morgan fingerprint density at radius 2 is 1.81 bits per heavy atom. The van der Waals surface area contributed by atoms with Crippen LogP contribution in [0.1, 0.15) is 4.88 Å². The van der Waals surface area contributed by atoms with E-state index in [9.17, 15) is 29.0 Å². The maximum atomic E-state index is 13.6. The number of nitro groups is 2. The van der Waals surface area contributed by atoms with Crippen molar-refractivity contribution in [3.05, 3.63) is 61.0 Å². The van der Waals surface area contributed by atoms with Crippen molar-refractivity contribution in [1.29, 1.82) is 0 Å². The van der Waals surface area contributed by atoms with Crippen LogP contribution < -0.4 is 5.32 Å². The summed E-state index contributed by atoms with van der Waals surface area (Å²) in [7, 11) is 0. The van der Waals surface area contributed by atoms with Crippen molar-refractivity contribution in [2.45, 2.75) is 6.54 Å². The van der Waals surface area contributed by atoms with Crippen LogP contribution >= 0.6 is 11.3 Å². The lowest BCUT2D eigenvalue weighted by Gasteiger charge is -2.07. The van der Waals surface area contributed by atoms with Gasteiger partial charge in [-0.25, -0.2) is 8.78 Å². The number of hydrogen-bond donors (Lipinski definition) is 1. The second-order valence-corrected chi connectivity index (χ2v) is 5.01. The topological polar surface area (TPSA) is 98.3 Å². The number of halogens is 2. The quantitative estimate of drug-likeness (QED) is 0.673. The number of thiophene rings is 1. The molecule has 0 radical (unpaired) electrons. The number of benzene rings is 1. The first kappa shape index (κ1) is 14.8. The molecule has 0 aliphatic heterocycles. The van der Waals surface area contributed by atoms with Crippen LogP contribution in [-0.4, -0.2) is 9.85 Å². The lowest BCUT2D eigenvalue weighted by molar-refractivity contribution is -0.384. The molecule has 0 bridgehead atoms. The largest absolute Gasteiger partial charge is 0.372 e. The standard InChI is InChI=1S/C11H7F2N3O4S/c12-7-2-3-8(15(17)18)11(10(7)13)14-5-6-1-4-9(21-6)16(19)20/h1-4,14H,5H2. The monoisotopic (exact) mass is 315 g/mol. The van der Waals surface area contributed by atoms with Gasteiger partial charge in [-0.2, -0.15) is 0 Å². The lowest BCUT2D eigenvalue weighted by Crippen LogP contribution is -2.05. The molecule has 1 aromatic carbocycles. The molecule has 0 fully saturated rings. The van der Waals surface area contributed by atoms with Crippen molar-refractivity contribution in [2.24, 2.45) is 0 Å². The van der Waals surface area contributed by atoms with Gasteiger partial charge in [0, 0.05) is 23.6 Å². The molecule has 21 heavy (non-hydrogen) atoms. The van der Waals surface area contributed by atoms with Crippen molar-refractivity contribution >= 4 is 27.7 Å². The van der Waals surface area contributed by atoms with E-state index in [4.69, 9.17) is 0 Å². The van der Waals surface area contributed by atoms with Crippen molar-refractivity contribution in [3.8, 4) is 0 Å². The number of nitrogens with zero attached hydrogens (tertiary/aromatic N) is 2. The molecule has 0 amide bonds. The van der Waals surface area contributed by atoms with Crippen molar-refractivity contribution in [2.75, 3.05) is 5.32 Å². The smallest absolute Gasteiger partial charge is 0.324 e. The van der Waals surface area contributed by atoms with Crippen LogP contribution in [0.2, 0.25) is 0 Å². The Morgan fingerprint density at radius 1 is 1.10 bits per heavy atom. The number of nitro benzene ring substituents is 1. The van der Waals surface area contributed by atoms with E-state index >= 15 is 0 Å². The third-order valence-electron chi connectivity index (χ3n) is 2.54. The summed E-state index contributed by atoms with van der Waals surface area (Å²) >= 11 is 0.837. The van der Waals surface area contributed by atoms with Gasteiger partial charge in [-0.05, 0) is 12.1 Å². The second kappa shape index (κ2) is 5.79. The van der Waals surface area contributed by atoms with Crippen molar-refractivity contribution < 1.29 is 18.6 Å². The lowest BCUT2D eigenvalue weighted by atomic mass is 10.2. The predicted molar refractivity (Wildman–Crippen MR) is 71.3 cm³/mol. The van der Waals surface area contributed by atoms with Gasteiger partial charge in [-0.1, -0.05) is 11.3 Å². The average Bonchev–Trinajstić information content (AvgIpc) is 2.89. The van der Waals surface area contributed by atoms with Gasteiger partial charge in [-0.15, -0.1) is 0 Å². The van der Waals surface area contributed by atoms with Gasteiger partial charge in [0.1, 0.15) is 0 Å². The molecule has 2 aromatic rings. The molecule has 1 aromatic heterocycles. The number of rotatable bonds is 5. The maximum Gasteiger partial charge on any atom is 0.324 e. The number of hydrogen-bond acceptors (Lipinski definition) is 6. The highest BCUT2D eigenvalue weighted by atomic mass is 32.1. The summed E-state index contributed by atoms with van der Waals surface area (Å²) in [5.74, 6) is -2.59. The summed E-state index contributed by atoms with van der Waals surface area (Å²) in [5, 5.41) is 23.6. The molecule has 0 aliphatic rings. The highest BCUT2D eigenvalue weighted by molar-refractivity contribution is 7.15. The minimum atomic E-state index is -1.37. The van der Waals surface area contributed by atoms with E-state index in [1.165, 1.54) is 12.1 Å². The van der Waals surface area contributed by atoms with Gasteiger partial charge in [0.2, 0.25) is 0 Å². The van der Waals surface area contributed by atoms with Crippen LogP contribution in [0.25, 0.3) is 0 Å². The molecular formula is C11H7F2N3O4S. The van der Waals surface area contributed by atoms with Crippen LogP contribution in [0.5, 0.6) is 0 Å². The zero-order chi connectivity index (χ0) is 15.6. The Balaban J connectivity index is 2.24. The minimum Gasteiger partial charge on any atom is -0.372 e. The fourth-order valence-electron chi connectivity index (χ4n) is 1.60. The molecule has 10 heteroatoms. The Hall–Kier alpha value is -2.62. The number of anilines is 1. The van der Waals surface area contributed by atoms with Crippen LogP contribution in [0.3, 0.4) is 0 Å².